The normalized spacial score (nSPS) is 12.0. The highest BCUT2D eigenvalue weighted by Crippen LogP contribution is 2.37. The summed E-state index contributed by atoms with van der Waals surface area (Å²) in [5.74, 6) is 0.380. The molecule has 2 aromatic carbocycles. The van der Waals surface area contributed by atoms with Crippen LogP contribution in [-0.2, 0) is 6.42 Å². The molecular weight excluding hydrogens is 260 g/mol. The third kappa shape index (κ3) is 1.83. The molecule has 0 unspecified atom stereocenters. The van der Waals surface area contributed by atoms with E-state index >= 15 is 0 Å². The molecule has 21 heavy (non-hydrogen) atoms. The summed E-state index contributed by atoms with van der Waals surface area (Å²) in [6.07, 6.45) is 2.50. The zero-order chi connectivity index (χ0) is 14.4. The van der Waals surface area contributed by atoms with Crippen molar-refractivity contribution >= 4 is 5.78 Å². The van der Waals surface area contributed by atoms with Gasteiger partial charge in [-0.3, -0.25) is 4.79 Å². The lowest BCUT2D eigenvalue weighted by atomic mass is 9.99. The molecule has 0 amide bonds. The van der Waals surface area contributed by atoms with Gasteiger partial charge in [0.2, 0.25) is 5.78 Å². The molecule has 0 atom stereocenters. The fourth-order valence-corrected chi connectivity index (χ4v) is 3.00. The number of carbonyl (C=O) groups excluding carboxylic acids is 1. The second-order valence-electron chi connectivity index (χ2n) is 5.47. The van der Waals surface area contributed by atoms with Crippen molar-refractivity contribution in [3.63, 3.8) is 0 Å². The molecule has 0 fully saturated rings. The van der Waals surface area contributed by atoms with Gasteiger partial charge in [0, 0.05) is 5.56 Å². The Labute approximate surface area is 123 Å². The maximum Gasteiger partial charge on any atom is 0.228 e. The van der Waals surface area contributed by atoms with Crippen LogP contribution < -0.4 is 0 Å². The van der Waals surface area contributed by atoms with E-state index in [1.165, 1.54) is 22.3 Å². The number of fused-ring (bicyclic) bond motifs is 3. The lowest BCUT2D eigenvalue weighted by Gasteiger charge is -2.04. The minimum Gasteiger partial charge on any atom is -0.461 e. The van der Waals surface area contributed by atoms with Crippen LogP contribution in [0.1, 0.15) is 32.8 Å². The molecule has 1 heterocycles. The number of carbonyl (C=O) groups is 1. The summed E-state index contributed by atoms with van der Waals surface area (Å²) in [4.78, 5) is 12.5. The first-order valence-electron chi connectivity index (χ1n) is 7.04. The topological polar surface area (TPSA) is 30.2 Å². The van der Waals surface area contributed by atoms with Crippen LogP contribution >= 0.6 is 0 Å². The first kappa shape index (κ1) is 12.2. The predicted octanol–water partition coefficient (Wildman–Crippen LogP) is 4.39. The zero-order valence-corrected chi connectivity index (χ0v) is 11.7. The molecule has 0 bridgehead atoms. The third-order valence-electron chi connectivity index (χ3n) is 4.13. The molecular formula is C19H14O2. The maximum atomic E-state index is 12.5. The number of furan rings is 1. The van der Waals surface area contributed by atoms with Gasteiger partial charge < -0.3 is 4.42 Å². The van der Waals surface area contributed by atoms with Crippen molar-refractivity contribution in [1.82, 2.24) is 0 Å². The monoisotopic (exact) mass is 274 g/mol. The van der Waals surface area contributed by atoms with Gasteiger partial charge in [-0.25, -0.2) is 0 Å². The van der Waals surface area contributed by atoms with E-state index in [1.54, 1.807) is 6.26 Å². The SMILES string of the molecule is Cc1ccoc1C(=O)c1ccc2c(c1)-c1ccccc1C2. The molecule has 0 aliphatic heterocycles. The van der Waals surface area contributed by atoms with Crippen LogP contribution in [0.2, 0.25) is 0 Å². The molecule has 1 aliphatic carbocycles. The molecule has 102 valence electrons. The Kier molecular flexibility index (Phi) is 2.58. The number of rotatable bonds is 2. The standard InChI is InChI=1S/C19H14O2/c1-12-8-9-21-19(12)18(20)15-7-6-14-10-13-4-2-3-5-16(13)17(14)11-15/h2-9,11H,10H2,1H3. The maximum absolute atomic E-state index is 12.5. The Bertz CT molecular complexity index is 856. The van der Waals surface area contributed by atoms with Crippen LogP contribution in [0.25, 0.3) is 11.1 Å². The average molecular weight is 274 g/mol. The molecule has 0 saturated heterocycles. The second kappa shape index (κ2) is 4.45. The van der Waals surface area contributed by atoms with Crippen molar-refractivity contribution in [2.75, 3.05) is 0 Å². The summed E-state index contributed by atoms with van der Waals surface area (Å²) < 4.78 is 5.32. The van der Waals surface area contributed by atoms with Gasteiger partial charge in [0.25, 0.3) is 0 Å². The highest BCUT2D eigenvalue weighted by Gasteiger charge is 2.21. The Balaban J connectivity index is 1.82. The van der Waals surface area contributed by atoms with Crippen LogP contribution in [0.3, 0.4) is 0 Å². The van der Waals surface area contributed by atoms with Crippen molar-refractivity contribution in [2.45, 2.75) is 13.3 Å². The smallest absolute Gasteiger partial charge is 0.228 e. The van der Waals surface area contributed by atoms with Crippen molar-refractivity contribution in [2.24, 2.45) is 0 Å². The van der Waals surface area contributed by atoms with Crippen LogP contribution in [0.15, 0.2) is 59.2 Å². The lowest BCUT2D eigenvalue weighted by Crippen LogP contribution is -2.02. The number of benzene rings is 2. The first-order valence-corrected chi connectivity index (χ1v) is 7.04. The number of ketones is 1. The fourth-order valence-electron chi connectivity index (χ4n) is 3.00. The van der Waals surface area contributed by atoms with Gasteiger partial charge in [0.1, 0.15) is 0 Å². The number of hydrogen-bond donors (Lipinski definition) is 0. The van der Waals surface area contributed by atoms with E-state index in [2.05, 4.69) is 24.3 Å². The highest BCUT2D eigenvalue weighted by molar-refractivity contribution is 6.08. The molecule has 2 heteroatoms. The first-order chi connectivity index (χ1) is 10.2. The molecule has 0 saturated carbocycles. The Morgan fingerprint density at radius 2 is 1.81 bits per heavy atom. The van der Waals surface area contributed by atoms with E-state index in [-0.39, 0.29) is 5.78 Å². The van der Waals surface area contributed by atoms with Crippen LogP contribution in [-0.4, -0.2) is 5.78 Å². The van der Waals surface area contributed by atoms with Crippen LogP contribution in [0.5, 0.6) is 0 Å². The van der Waals surface area contributed by atoms with Crippen molar-refractivity contribution in [1.29, 1.82) is 0 Å². The number of hydrogen-bond acceptors (Lipinski definition) is 2. The van der Waals surface area contributed by atoms with E-state index in [4.69, 9.17) is 4.42 Å². The van der Waals surface area contributed by atoms with Gasteiger partial charge in [-0.05, 0) is 53.3 Å². The zero-order valence-electron chi connectivity index (χ0n) is 11.7. The van der Waals surface area contributed by atoms with Gasteiger partial charge >= 0.3 is 0 Å². The molecule has 2 nitrogen and oxygen atoms in total. The van der Waals surface area contributed by atoms with E-state index in [1.807, 2.05) is 31.2 Å². The molecule has 1 aliphatic rings. The van der Waals surface area contributed by atoms with Gasteiger partial charge in [-0.15, -0.1) is 0 Å². The minimum atomic E-state index is -0.0512. The van der Waals surface area contributed by atoms with E-state index in [0.717, 1.165) is 12.0 Å². The molecule has 0 radical (unpaired) electrons. The van der Waals surface area contributed by atoms with Crippen molar-refractivity contribution in [3.05, 3.63) is 82.8 Å². The summed E-state index contributed by atoms with van der Waals surface area (Å²) in [5, 5.41) is 0. The van der Waals surface area contributed by atoms with Crippen LogP contribution in [0.4, 0.5) is 0 Å². The lowest BCUT2D eigenvalue weighted by molar-refractivity contribution is 0.101. The third-order valence-corrected chi connectivity index (χ3v) is 4.13. The molecule has 0 spiro atoms. The fraction of sp³-hybridized carbons (Fsp3) is 0.105. The van der Waals surface area contributed by atoms with Crippen LogP contribution in [0, 0.1) is 6.92 Å². The molecule has 3 aromatic rings. The van der Waals surface area contributed by atoms with Gasteiger partial charge in [0.15, 0.2) is 5.76 Å². The Morgan fingerprint density at radius 3 is 2.62 bits per heavy atom. The minimum absolute atomic E-state index is 0.0512. The molecule has 4 rings (SSSR count). The quantitative estimate of drug-likeness (QED) is 0.507. The summed E-state index contributed by atoms with van der Waals surface area (Å²) in [7, 11) is 0. The van der Waals surface area contributed by atoms with E-state index < -0.39 is 0 Å². The van der Waals surface area contributed by atoms with E-state index in [0.29, 0.717) is 11.3 Å². The average Bonchev–Trinajstić information content (AvgIpc) is 3.09. The second-order valence-corrected chi connectivity index (χ2v) is 5.47. The highest BCUT2D eigenvalue weighted by atomic mass is 16.3. The Hall–Kier alpha value is -2.61. The van der Waals surface area contributed by atoms with Gasteiger partial charge in [-0.1, -0.05) is 36.4 Å². The summed E-state index contributed by atoms with van der Waals surface area (Å²) >= 11 is 0. The van der Waals surface area contributed by atoms with Gasteiger partial charge in [0.05, 0.1) is 6.26 Å². The van der Waals surface area contributed by atoms with Gasteiger partial charge in [-0.2, -0.15) is 0 Å². The van der Waals surface area contributed by atoms with E-state index in [9.17, 15) is 4.79 Å². The predicted molar refractivity (Wildman–Crippen MR) is 81.6 cm³/mol. The molecule has 1 aromatic heterocycles. The largest absolute Gasteiger partial charge is 0.461 e. The Morgan fingerprint density at radius 1 is 1.00 bits per heavy atom. The summed E-state index contributed by atoms with van der Waals surface area (Å²) in [6.45, 7) is 1.89. The summed E-state index contributed by atoms with van der Waals surface area (Å²) in [5.41, 5.74) is 6.57. The molecule has 0 N–H and O–H groups in total. The van der Waals surface area contributed by atoms with Crippen molar-refractivity contribution in [3.8, 4) is 11.1 Å². The van der Waals surface area contributed by atoms with Crippen molar-refractivity contribution < 1.29 is 9.21 Å². The summed E-state index contributed by atoms with van der Waals surface area (Å²) in [6, 6.07) is 16.1. The number of aryl methyl sites for hydroxylation is 1.